The molecule has 2 nitrogen and oxygen atoms in total. The van der Waals surface area contributed by atoms with Crippen molar-refractivity contribution in [1.29, 1.82) is 0 Å². The van der Waals surface area contributed by atoms with E-state index < -0.39 is 0 Å². The summed E-state index contributed by atoms with van der Waals surface area (Å²) in [5.41, 5.74) is 1.24. The van der Waals surface area contributed by atoms with E-state index in [1.165, 1.54) is 64.2 Å². The number of hydrogen-bond donors (Lipinski definition) is 0. The van der Waals surface area contributed by atoms with Gasteiger partial charge in [-0.1, -0.05) is 33.6 Å². The van der Waals surface area contributed by atoms with Gasteiger partial charge in [-0.3, -0.25) is 0 Å². The van der Waals surface area contributed by atoms with Crippen LogP contribution in [0, 0.1) is 46.3 Å². The summed E-state index contributed by atoms with van der Waals surface area (Å²) in [7, 11) is 0. The third kappa shape index (κ3) is 2.99. The minimum atomic E-state index is 0. The smallest absolute Gasteiger partial charge is 0.120 e. The topological polar surface area (TPSA) is 48.6 Å². The summed E-state index contributed by atoms with van der Waals surface area (Å²) in [5.74, 6) is 5.66. The Labute approximate surface area is 161 Å². The van der Waals surface area contributed by atoms with Crippen molar-refractivity contribution in [2.75, 3.05) is 0 Å². The molecule has 0 spiro atoms. The summed E-state index contributed by atoms with van der Waals surface area (Å²) >= 11 is 0. The number of fused-ring (bicyclic) bond motifs is 5. The van der Waals surface area contributed by atoms with Crippen molar-refractivity contribution in [3.8, 4) is 0 Å². The first-order valence-electron chi connectivity index (χ1n) is 11.4. The van der Waals surface area contributed by atoms with Gasteiger partial charge in [0, 0.05) is 6.42 Å². The molecule has 0 radical (unpaired) electrons. The van der Waals surface area contributed by atoms with Crippen molar-refractivity contribution in [3.63, 3.8) is 0 Å². The Hall–Kier alpha value is -0.370. The molecule has 2 N–H and O–H groups in total. The molecule has 0 amide bonds. The second-order valence-corrected chi connectivity index (χ2v) is 10.9. The molecule has 0 saturated heterocycles. The highest BCUT2D eigenvalue weighted by atomic mass is 16.1. The lowest BCUT2D eigenvalue weighted by atomic mass is 9.44. The number of aldehydes is 1. The quantitative estimate of drug-likeness (QED) is 0.581. The van der Waals surface area contributed by atoms with E-state index in [4.69, 9.17) is 0 Å². The van der Waals surface area contributed by atoms with Gasteiger partial charge in [0.1, 0.15) is 6.29 Å². The highest BCUT2D eigenvalue weighted by Gasteiger charge is 2.59. The molecule has 1 unspecified atom stereocenters. The van der Waals surface area contributed by atoms with Crippen molar-refractivity contribution in [3.05, 3.63) is 0 Å². The second-order valence-electron chi connectivity index (χ2n) is 10.9. The summed E-state index contributed by atoms with van der Waals surface area (Å²) in [6.45, 7) is 7.78. The lowest BCUT2D eigenvalue weighted by molar-refractivity contribution is -0.115. The van der Waals surface area contributed by atoms with E-state index in [-0.39, 0.29) is 5.48 Å². The molecule has 0 heterocycles. The SMILES string of the molecule is C[C@H](CCC=O)[C@H]1CC[C@H]2[C@@H]3CCC4CCCC[C@]4(C)[C@H]3CC[C@]12C.O. The first-order valence-corrected chi connectivity index (χ1v) is 11.4. The van der Waals surface area contributed by atoms with Gasteiger partial charge < -0.3 is 10.3 Å². The van der Waals surface area contributed by atoms with Crippen LogP contribution >= 0.6 is 0 Å². The fourth-order valence-electron chi connectivity index (χ4n) is 8.80. The molecule has 0 aromatic rings. The fraction of sp³-hybridized carbons (Fsp3) is 0.958. The first-order chi connectivity index (χ1) is 12.0. The lowest BCUT2D eigenvalue weighted by Gasteiger charge is -2.61. The second kappa shape index (κ2) is 7.57. The molecule has 4 aliphatic rings. The molecule has 2 heteroatoms. The van der Waals surface area contributed by atoms with Crippen LogP contribution in [0.1, 0.15) is 97.8 Å². The summed E-state index contributed by atoms with van der Waals surface area (Å²) in [6, 6.07) is 0. The molecule has 4 saturated carbocycles. The van der Waals surface area contributed by atoms with Gasteiger partial charge >= 0.3 is 0 Å². The fourth-order valence-corrected chi connectivity index (χ4v) is 8.80. The zero-order chi connectivity index (χ0) is 17.7. The minimum Gasteiger partial charge on any atom is -0.412 e. The average Bonchev–Trinajstić information content (AvgIpc) is 2.96. The molecular formula is C24H42O2. The van der Waals surface area contributed by atoms with E-state index in [2.05, 4.69) is 20.8 Å². The standard InChI is InChI=1S/C24H40O.H2O/c1-17(7-6-16-25)20-11-12-21-19-10-9-18-8-4-5-14-23(18,2)22(19)13-15-24(20,21)3;/h16-22H,4-15H2,1-3H3;1H2/t17-,18?,19+,20-,21+,22+,23+,24-;/m1./s1. The van der Waals surface area contributed by atoms with Crippen molar-refractivity contribution >= 4 is 6.29 Å². The maximum Gasteiger partial charge on any atom is 0.120 e. The van der Waals surface area contributed by atoms with Gasteiger partial charge in [0.15, 0.2) is 0 Å². The van der Waals surface area contributed by atoms with Crippen LogP contribution in [0.15, 0.2) is 0 Å². The molecule has 150 valence electrons. The Bertz CT molecular complexity index is 502. The van der Waals surface area contributed by atoms with Gasteiger partial charge in [0.2, 0.25) is 0 Å². The normalized spacial score (nSPS) is 48.5. The van der Waals surface area contributed by atoms with E-state index in [9.17, 15) is 4.79 Å². The summed E-state index contributed by atoms with van der Waals surface area (Å²) in [6.07, 6.45) is 18.0. The predicted octanol–water partition coefficient (Wildman–Crippen LogP) is 5.83. The third-order valence-corrected chi connectivity index (χ3v) is 10.1. The summed E-state index contributed by atoms with van der Waals surface area (Å²) in [4.78, 5) is 10.8. The van der Waals surface area contributed by atoms with Gasteiger partial charge in [-0.25, -0.2) is 0 Å². The van der Waals surface area contributed by atoms with Crippen molar-refractivity contribution in [2.45, 2.75) is 97.8 Å². The molecule has 0 bridgehead atoms. The first kappa shape index (κ1) is 20.4. The lowest BCUT2D eigenvalue weighted by Crippen LogP contribution is -2.53. The molecule has 4 fully saturated rings. The van der Waals surface area contributed by atoms with Crippen molar-refractivity contribution < 1.29 is 10.3 Å². The monoisotopic (exact) mass is 362 g/mol. The highest BCUT2D eigenvalue weighted by molar-refractivity contribution is 5.49. The Balaban J connectivity index is 0.00000196. The Morgan fingerprint density at radius 2 is 1.69 bits per heavy atom. The molecule has 26 heavy (non-hydrogen) atoms. The van der Waals surface area contributed by atoms with Gasteiger partial charge in [-0.2, -0.15) is 0 Å². The minimum absolute atomic E-state index is 0. The number of carbonyl (C=O) groups excluding carboxylic acids is 1. The van der Waals surface area contributed by atoms with E-state index >= 15 is 0 Å². The van der Waals surface area contributed by atoms with Gasteiger partial charge in [-0.15, -0.1) is 0 Å². The summed E-state index contributed by atoms with van der Waals surface area (Å²) < 4.78 is 0. The van der Waals surface area contributed by atoms with E-state index in [0.717, 1.165) is 54.6 Å². The van der Waals surface area contributed by atoms with Gasteiger partial charge in [0.05, 0.1) is 0 Å². The van der Waals surface area contributed by atoms with Gasteiger partial charge in [0.25, 0.3) is 0 Å². The summed E-state index contributed by atoms with van der Waals surface area (Å²) in [5, 5.41) is 0. The number of rotatable bonds is 4. The van der Waals surface area contributed by atoms with Crippen LogP contribution in [-0.2, 0) is 4.79 Å². The average molecular weight is 363 g/mol. The molecular weight excluding hydrogens is 320 g/mol. The predicted molar refractivity (Wildman–Crippen MR) is 108 cm³/mol. The van der Waals surface area contributed by atoms with Crippen molar-refractivity contribution in [1.82, 2.24) is 0 Å². The van der Waals surface area contributed by atoms with Crippen LogP contribution in [0.25, 0.3) is 0 Å². The Kier molecular flexibility index (Phi) is 5.93. The van der Waals surface area contributed by atoms with E-state index in [0.29, 0.717) is 10.8 Å². The number of hydrogen-bond acceptors (Lipinski definition) is 1. The van der Waals surface area contributed by atoms with Crippen LogP contribution < -0.4 is 0 Å². The van der Waals surface area contributed by atoms with Crippen molar-refractivity contribution in [2.24, 2.45) is 46.3 Å². The zero-order valence-electron chi connectivity index (χ0n) is 17.4. The molecule has 0 aromatic carbocycles. The maximum atomic E-state index is 10.8. The largest absolute Gasteiger partial charge is 0.412 e. The van der Waals surface area contributed by atoms with E-state index in [1.807, 2.05) is 0 Å². The van der Waals surface area contributed by atoms with Crippen LogP contribution in [0.2, 0.25) is 0 Å². The third-order valence-electron chi connectivity index (χ3n) is 10.1. The Morgan fingerprint density at radius 3 is 2.46 bits per heavy atom. The molecule has 8 atom stereocenters. The van der Waals surface area contributed by atoms with E-state index in [1.54, 1.807) is 0 Å². The molecule has 4 rings (SSSR count). The molecule has 0 aromatic heterocycles. The van der Waals surface area contributed by atoms with Crippen LogP contribution in [-0.4, -0.2) is 11.8 Å². The molecule has 0 aliphatic heterocycles. The van der Waals surface area contributed by atoms with Crippen LogP contribution in [0.5, 0.6) is 0 Å². The van der Waals surface area contributed by atoms with Gasteiger partial charge in [-0.05, 0) is 104 Å². The molecule has 4 aliphatic carbocycles. The zero-order valence-corrected chi connectivity index (χ0v) is 17.4. The van der Waals surface area contributed by atoms with Crippen LogP contribution in [0.4, 0.5) is 0 Å². The highest BCUT2D eigenvalue weighted by Crippen LogP contribution is 2.68. The van der Waals surface area contributed by atoms with Crippen LogP contribution in [0.3, 0.4) is 0 Å². The number of carbonyl (C=O) groups is 1. The maximum absolute atomic E-state index is 10.8. The Morgan fingerprint density at radius 1 is 0.923 bits per heavy atom.